The molecule has 0 spiro atoms. The van der Waals surface area contributed by atoms with E-state index in [1.807, 2.05) is 6.92 Å². The average molecular weight is 323 g/mol. The Kier molecular flexibility index (Phi) is 4.14. The molecule has 1 aromatic rings. The zero-order chi connectivity index (χ0) is 13.4. The van der Waals surface area contributed by atoms with E-state index < -0.39 is 15.1 Å². The van der Waals surface area contributed by atoms with E-state index in [-0.39, 0.29) is 12.2 Å². The number of carbonyl (C=O) groups excluding carboxylic acids is 1. The van der Waals surface area contributed by atoms with Gasteiger partial charge < -0.3 is 0 Å². The number of Topliss-reactive ketones (excluding diaryl/α,β-unsaturated/α-hetero) is 1. The first-order valence-corrected chi connectivity index (χ1v) is 7.79. The fourth-order valence-corrected chi connectivity index (χ4v) is 2.46. The van der Waals surface area contributed by atoms with Gasteiger partial charge in [0.15, 0.2) is 15.6 Å². The molecule has 0 bridgehead atoms. The van der Waals surface area contributed by atoms with Gasteiger partial charge in [-0.15, -0.1) is 0 Å². The molecule has 0 aliphatic heterocycles. The Hall–Kier alpha value is -0.690. The summed E-state index contributed by atoms with van der Waals surface area (Å²) in [6.07, 6.45) is 1.13. The molecule has 0 amide bonds. The molecule has 0 aliphatic rings. The van der Waals surface area contributed by atoms with Gasteiger partial charge in [-0.3, -0.25) is 9.48 Å². The van der Waals surface area contributed by atoms with Crippen molar-refractivity contribution in [1.82, 2.24) is 9.78 Å². The first kappa shape index (κ1) is 14.4. The Balaban J connectivity index is 2.97. The van der Waals surface area contributed by atoms with Gasteiger partial charge in [0.2, 0.25) is 0 Å². The van der Waals surface area contributed by atoms with Crippen molar-refractivity contribution in [3.8, 4) is 0 Å². The van der Waals surface area contributed by atoms with E-state index in [4.69, 9.17) is 0 Å². The van der Waals surface area contributed by atoms with Gasteiger partial charge in [0.25, 0.3) is 0 Å². The highest BCUT2D eigenvalue weighted by atomic mass is 79.9. The molecule has 5 nitrogen and oxygen atoms in total. The van der Waals surface area contributed by atoms with Gasteiger partial charge in [0.1, 0.15) is 5.25 Å². The Labute approximate surface area is 109 Å². The standard InChI is InChI=1S/C10H15BrN2O3S/c1-6-10(11)8(13(3)12-6)5-9(14)7(2)17(4,15)16/h7H,5H2,1-4H3. The highest BCUT2D eigenvalue weighted by molar-refractivity contribution is 9.10. The predicted molar refractivity (Wildman–Crippen MR) is 68.7 cm³/mol. The molecule has 1 unspecified atom stereocenters. The van der Waals surface area contributed by atoms with Crippen molar-refractivity contribution in [2.45, 2.75) is 25.5 Å². The van der Waals surface area contributed by atoms with Crippen LogP contribution in [0, 0.1) is 6.92 Å². The molecular formula is C10H15BrN2O3S. The molecule has 1 rings (SSSR count). The quantitative estimate of drug-likeness (QED) is 0.830. The van der Waals surface area contributed by atoms with Crippen molar-refractivity contribution in [1.29, 1.82) is 0 Å². The van der Waals surface area contributed by atoms with Crippen LogP contribution in [0.3, 0.4) is 0 Å². The molecule has 96 valence electrons. The minimum atomic E-state index is -3.34. The summed E-state index contributed by atoms with van der Waals surface area (Å²) in [4.78, 5) is 11.8. The number of halogens is 1. The third kappa shape index (κ3) is 3.16. The third-order valence-corrected chi connectivity index (χ3v) is 5.28. The summed E-state index contributed by atoms with van der Waals surface area (Å²) in [6, 6.07) is 0. The van der Waals surface area contributed by atoms with Gasteiger partial charge in [-0.2, -0.15) is 5.10 Å². The molecule has 0 N–H and O–H groups in total. The lowest BCUT2D eigenvalue weighted by molar-refractivity contribution is -0.117. The van der Waals surface area contributed by atoms with Crippen LogP contribution in [0.25, 0.3) is 0 Å². The maximum atomic E-state index is 11.8. The Morgan fingerprint density at radius 1 is 1.53 bits per heavy atom. The van der Waals surface area contributed by atoms with Gasteiger partial charge in [-0.05, 0) is 29.8 Å². The highest BCUT2D eigenvalue weighted by Gasteiger charge is 2.25. The van der Waals surface area contributed by atoms with Gasteiger partial charge in [-0.1, -0.05) is 0 Å². The fraction of sp³-hybridized carbons (Fsp3) is 0.600. The molecule has 1 aromatic heterocycles. The first-order valence-electron chi connectivity index (χ1n) is 5.04. The van der Waals surface area contributed by atoms with Crippen molar-refractivity contribution in [3.05, 3.63) is 15.9 Å². The van der Waals surface area contributed by atoms with Crippen molar-refractivity contribution >= 4 is 31.6 Å². The van der Waals surface area contributed by atoms with Gasteiger partial charge >= 0.3 is 0 Å². The van der Waals surface area contributed by atoms with Gasteiger partial charge in [-0.25, -0.2) is 8.42 Å². The lowest BCUT2D eigenvalue weighted by Gasteiger charge is -2.08. The second kappa shape index (κ2) is 4.89. The number of hydrogen-bond donors (Lipinski definition) is 0. The number of rotatable bonds is 4. The minimum absolute atomic E-state index is 0.0617. The van der Waals surface area contributed by atoms with Crippen LogP contribution in [-0.2, 0) is 28.1 Å². The van der Waals surface area contributed by atoms with E-state index >= 15 is 0 Å². The first-order chi connectivity index (χ1) is 7.64. The van der Waals surface area contributed by atoms with Crippen molar-refractivity contribution in [2.24, 2.45) is 7.05 Å². The van der Waals surface area contributed by atoms with Crippen molar-refractivity contribution in [3.63, 3.8) is 0 Å². The van der Waals surface area contributed by atoms with Crippen LogP contribution in [0.2, 0.25) is 0 Å². The summed E-state index contributed by atoms with van der Waals surface area (Å²) < 4.78 is 24.9. The molecule has 0 fully saturated rings. The normalized spacial score (nSPS) is 13.7. The Morgan fingerprint density at radius 3 is 2.41 bits per heavy atom. The van der Waals surface area contributed by atoms with E-state index in [2.05, 4.69) is 21.0 Å². The van der Waals surface area contributed by atoms with Crippen LogP contribution in [0.4, 0.5) is 0 Å². The lowest BCUT2D eigenvalue weighted by atomic mass is 10.1. The minimum Gasteiger partial charge on any atom is -0.298 e. The summed E-state index contributed by atoms with van der Waals surface area (Å²) >= 11 is 3.34. The predicted octanol–water partition coefficient (Wildman–Crippen LogP) is 1.04. The monoisotopic (exact) mass is 322 g/mol. The molecule has 1 atom stereocenters. The molecule has 0 saturated heterocycles. The summed E-state index contributed by atoms with van der Waals surface area (Å²) in [5.74, 6) is -0.323. The number of carbonyl (C=O) groups is 1. The van der Waals surface area contributed by atoms with Crippen LogP contribution in [-0.4, -0.2) is 35.5 Å². The number of ketones is 1. The number of hydrogen-bond acceptors (Lipinski definition) is 4. The summed E-state index contributed by atoms with van der Waals surface area (Å²) in [5, 5.41) is 3.17. The SMILES string of the molecule is Cc1nn(C)c(CC(=O)C(C)S(C)(=O)=O)c1Br. The number of aryl methyl sites for hydroxylation is 2. The number of aromatic nitrogens is 2. The number of sulfone groups is 1. The lowest BCUT2D eigenvalue weighted by Crippen LogP contribution is -2.28. The average Bonchev–Trinajstić information content (AvgIpc) is 2.42. The highest BCUT2D eigenvalue weighted by Crippen LogP contribution is 2.21. The molecule has 0 aliphatic carbocycles. The van der Waals surface area contributed by atoms with E-state index in [0.717, 1.165) is 16.4 Å². The van der Waals surface area contributed by atoms with Crippen LogP contribution >= 0.6 is 15.9 Å². The number of nitrogens with zero attached hydrogens (tertiary/aromatic N) is 2. The largest absolute Gasteiger partial charge is 0.298 e. The Bertz CT molecular complexity index is 548. The van der Waals surface area contributed by atoms with E-state index in [0.29, 0.717) is 5.69 Å². The molecule has 1 heterocycles. The maximum absolute atomic E-state index is 11.8. The van der Waals surface area contributed by atoms with E-state index in [9.17, 15) is 13.2 Å². The van der Waals surface area contributed by atoms with Gasteiger partial charge in [0.05, 0.1) is 22.3 Å². The zero-order valence-corrected chi connectivity index (χ0v) is 12.6. The topological polar surface area (TPSA) is 69.0 Å². The smallest absolute Gasteiger partial charge is 0.157 e. The van der Waals surface area contributed by atoms with Crippen LogP contribution in [0.1, 0.15) is 18.3 Å². The Morgan fingerprint density at radius 2 is 2.06 bits per heavy atom. The second-order valence-electron chi connectivity index (χ2n) is 4.08. The summed E-state index contributed by atoms with van der Waals surface area (Å²) in [7, 11) is -1.61. The second-order valence-corrected chi connectivity index (χ2v) is 7.24. The molecule has 0 aromatic carbocycles. The zero-order valence-electron chi connectivity index (χ0n) is 10.2. The summed E-state index contributed by atoms with van der Waals surface area (Å²) in [5.41, 5.74) is 1.48. The van der Waals surface area contributed by atoms with Gasteiger partial charge in [0, 0.05) is 13.3 Å². The maximum Gasteiger partial charge on any atom is 0.157 e. The summed E-state index contributed by atoms with van der Waals surface area (Å²) in [6.45, 7) is 3.23. The van der Waals surface area contributed by atoms with Crippen LogP contribution in [0.5, 0.6) is 0 Å². The van der Waals surface area contributed by atoms with Crippen LogP contribution in [0.15, 0.2) is 4.47 Å². The molecule has 0 radical (unpaired) electrons. The molecule has 7 heteroatoms. The molecule has 0 saturated carbocycles. The molecule has 17 heavy (non-hydrogen) atoms. The fourth-order valence-electron chi connectivity index (χ4n) is 1.42. The van der Waals surface area contributed by atoms with E-state index in [1.165, 1.54) is 6.92 Å². The molecular weight excluding hydrogens is 308 g/mol. The van der Waals surface area contributed by atoms with Crippen molar-refractivity contribution in [2.75, 3.05) is 6.26 Å². The van der Waals surface area contributed by atoms with Crippen molar-refractivity contribution < 1.29 is 13.2 Å². The third-order valence-electron chi connectivity index (χ3n) is 2.70. The van der Waals surface area contributed by atoms with E-state index in [1.54, 1.807) is 11.7 Å². The van der Waals surface area contributed by atoms with Crippen LogP contribution < -0.4 is 0 Å².